The van der Waals surface area contributed by atoms with Crippen LogP contribution in [0.3, 0.4) is 0 Å². The number of rotatable bonds is 6. The van der Waals surface area contributed by atoms with Crippen LogP contribution in [0.15, 0.2) is 30.0 Å². The zero-order valence-electron chi connectivity index (χ0n) is 17.1. The van der Waals surface area contributed by atoms with Crippen LogP contribution in [-0.4, -0.2) is 29.4 Å². The van der Waals surface area contributed by atoms with Gasteiger partial charge in [-0.2, -0.15) is 0 Å². The largest absolute Gasteiger partial charge is 0.496 e. The molecule has 0 spiro atoms. The first kappa shape index (κ1) is 21.9. The Morgan fingerprint density at radius 2 is 2.04 bits per heavy atom. The van der Waals surface area contributed by atoms with Crippen molar-refractivity contribution in [2.24, 2.45) is 5.92 Å². The number of methoxy groups -OCH3 is 1. The number of allylic oxidation sites excluding steroid dienone is 3. The van der Waals surface area contributed by atoms with Crippen LogP contribution in [0.4, 0.5) is 0 Å². The summed E-state index contributed by atoms with van der Waals surface area (Å²) in [6.45, 7) is 9.04. The Kier molecular flexibility index (Phi) is 6.83. The number of Topliss-reactive ketones (excluding diaryl/α,β-unsaturated/α-hetero) is 1. The lowest BCUT2D eigenvalue weighted by molar-refractivity contribution is -0.157. The molecule has 1 aromatic rings. The molecule has 1 aliphatic rings. The lowest BCUT2D eigenvalue weighted by Crippen LogP contribution is -2.52. The van der Waals surface area contributed by atoms with Crippen LogP contribution < -0.4 is 10.4 Å². The van der Waals surface area contributed by atoms with Crippen LogP contribution in [0.5, 0.6) is 0 Å². The molecule has 0 unspecified atom stereocenters. The van der Waals surface area contributed by atoms with E-state index in [-0.39, 0.29) is 10.8 Å². The van der Waals surface area contributed by atoms with E-state index in [1.54, 1.807) is 12.3 Å². The van der Waals surface area contributed by atoms with Gasteiger partial charge in [-0.1, -0.05) is 49.6 Å². The number of hydrogen-bond donors (Lipinski definition) is 0. The number of aromatic nitrogens is 1. The Morgan fingerprint density at radius 1 is 1.36 bits per heavy atom. The highest BCUT2D eigenvalue weighted by Crippen LogP contribution is 2.30. The molecule has 150 valence electrons. The molecule has 0 saturated carbocycles. The maximum Gasteiger partial charge on any atom is 0.304 e. The summed E-state index contributed by atoms with van der Waals surface area (Å²) < 4.78 is 10.7. The molecule has 1 aromatic heterocycles. The topological polar surface area (TPSA) is 65.5 Å². The van der Waals surface area contributed by atoms with Crippen molar-refractivity contribution in [2.75, 3.05) is 7.11 Å². The highest BCUT2D eigenvalue weighted by Gasteiger charge is 2.46. The van der Waals surface area contributed by atoms with E-state index in [1.807, 2.05) is 19.1 Å². The normalized spacial score (nSPS) is 21.0. The second-order valence-corrected chi connectivity index (χ2v) is 7.47. The third kappa shape index (κ3) is 4.36. The van der Waals surface area contributed by atoms with Crippen LogP contribution >= 0.6 is 11.6 Å². The van der Waals surface area contributed by atoms with E-state index in [2.05, 4.69) is 24.9 Å². The molecule has 0 bridgehead atoms. The number of carbonyl (C=O) groups excluding carboxylic acids is 2. The average molecular weight is 404 g/mol. The molecule has 2 rings (SSSR count). The van der Waals surface area contributed by atoms with Crippen LogP contribution in [0.25, 0.3) is 16.9 Å². The number of carbonyl (C=O) groups is 2. The van der Waals surface area contributed by atoms with Crippen LogP contribution in [0.2, 0.25) is 0 Å². The average Bonchev–Trinajstić information content (AvgIpc) is 2.64. The summed E-state index contributed by atoms with van der Waals surface area (Å²) in [5, 5.41) is 1.02. The summed E-state index contributed by atoms with van der Waals surface area (Å²) in [6.07, 6.45) is 8.70. The van der Waals surface area contributed by atoms with Gasteiger partial charge in [-0.25, -0.2) is 0 Å². The van der Waals surface area contributed by atoms with E-state index >= 15 is 0 Å². The number of hydrogen-bond acceptors (Lipinski definition) is 5. The standard InChI is InChI=1S/C22H26ClNO4/c1-7-13(2)10-14(3)8-9-16-11-17-18(12-24-16)21(27-6)22(5,28-15(4)25)20(26)19(17)23/h8-13H,7H2,1-6H3/b9-8+,14-10+/t13-,22-/m0/s1. The van der Waals surface area contributed by atoms with Crippen LogP contribution in [-0.2, 0) is 19.1 Å². The zero-order valence-corrected chi connectivity index (χ0v) is 17.9. The summed E-state index contributed by atoms with van der Waals surface area (Å²) >= 11 is 6.35. The van der Waals surface area contributed by atoms with Gasteiger partial charge in [-0.3, -0.25) is 14.6 Å². The Hall–Kier alpha value is -2.40. The van der Waals surface area contributed by atoms with Crippen LogP contribution in [0.1, 0.15) is 46.7 Å². The summed E-state index contributed by atoms with van der Waals surface area (Å²) in [5.74, 6) is -0.417. The highest BCUT2D eigenvalue weighted by atomic mass is 35.5. The molecule has 0 radical (unpaired) electrons. The Morgan fingerprint density at radius 3 is 2.61 bits per heavy atom. The molecule has 1 heterocycles. The number of nitrogens with zero attached hydrogens (tertiary/aromatic N) is 1. The fourth-order valence-electron chi connectivity index (χ4n) is 3.14. The van der Waals surface area contributed by atoms with Gasteiger partial charge in [0.05, 0.1) is 17.8 Å². The molecule has 0 amide bonds. The summed E-state index contributed by atoms with van der Waals surface area (Å²) in [6, 6.07) is 1.73. The summed E-state index contributed by atoms with van der Waals surface area (Å²) in [4.78, 5) is 28.8. The molecule has 0 fully saturated rings. The van der Waals surface area contributed by atoms with Gasteiger partial charge < -0.3 is 9.47 Å². The summed E-state index contributed by atoms with van der Waals surface area (Å²) in [7, 11) is 1.42. The zero-order chi connectivity index (χ0) is 21.1. The third-order valence-corrected chi connectivity index (χ3v) is 5.11. The van der Waals surface area contributed by atoms with E-state index in [9.17, 15) is 9.59 Å². The predicted molar refractivity (Wildman–Crippen MR) is 111 cm³/mol. The molecule has 5 nitrogen and oxygen atoms in total. The number of ketones is 1. The minimum atomic E-state index is -1.61. The van der Waals surface area contributed by atoms with Crippen molar-refractivity contribution >= 4 is 40.2 Å². The van der Waals surface area contributed by atoms with Crippen LogP contribution in [0, 0.1) is 5.92 Å². The van der Waals surface area contributed by atoms with Gasteiger partial charge in [-0.05, 0) is 31.9 Å². The number of halogens is 1. The van der Waals surface area contributed by atoms with Crippen molar-refractivity contribution in [1.82, 2.24) is 4.98 Å². The number of fused-ring (bicyclic) bond motifs is 1. The van der Waals surface area contributed by atoms with Gasteiger partial charge in [0.25, 0.3) is 0 Å². The van der Waals surface area contributed by atoms with Gasteiger partial charge in [-0.15, -0.1) is 0 Å². The van der Waals surface area contributed by atoms with E-state index in [0.717, 1.165) is 12.0 Å². The van der Waals surface area contributed by atoms with Gasteiger partial charge >= 0.3 is 5.97 Å². The Balaban J connectivity index is 2.59. The van der Waals surface area contributed by atoms with Crippen molar-refractivity contribution in [1.29, 1.82) is 0 Å². The molecular formula is C22H26ClNO4. The second kappa shape index (κ2) is 8.74. The quantitative estimate of drug-likeness (QED) is 0.539. The van der Waals surface area contributed by atoms with Crippen molar-refractivity contribution in [2.45, 2.75) is 46.6 Å². The van der Waals surface area contributed by atoms with Gasteiger partial charge in [0, 0.05) is 23.6 Å². The Bertz CT molecular complexity index is 977. The minimum absolute atomic E-state index is 0.0107. The molecular weight excluding hydrogens is 378 g/mol. The SMILES string of the molecule is CC[C@H](C)/C=C(C)/C=C/c1cc2c(cn1)=C(OC)[C@@](C)(OC(C)=O)C(=O)C=2Cl. The molecule has 1 aliphatic carbocycles. The maximum atomic E-state index is 12.9. The van der Waals surface area contributed by atoms with E-state index in [0.29, 0.717) is 22.0 Å². The third-order valence-electron chi connectivity index (χ3n) is 4.73. The van der Waals surface area contributed by atoms with Crippen molar-refractivity contribution < 1.29 is 19.1 Å². The second-order valence-electron chi connectivity index (χ2n) is 7.09. The first-order chi connectivity index (χ1) is 13.1. The van der Waals surface area contributed by atoms with E-state index in [1.165, 1.54) is 21.0 Å². The number of esters is 1. The number of pyridine rings is 1. The fourth-order valence-corrected chi connectivity index (χ4v) is 3.48. The van der Waals surface area contributed by atoms with Gasteiger partial charge in [0.15, 0.2) is 5.76 Å². The maximum absolute atomic E-state index is 12.9. The summed E-state index contributed by atoms with van der Waals surface area (Å²) in [5.41, 5.74) is 0.180. The van der Waals surface area contributed by atoms with E-state index in [4.69, 9.17) is 21.1 Å². The van der Waals surface area contributed by atoms with Gasteiger partial charge in [0.1, 0.15) is 0 Å². The molecule has 6 heteroatoms. The molecule has 2 atom stereocenters. The highest BCUT2D eigenvalue weighted by molar-refractivity contribution is 6.62. The van der Waals surface area contributed by atoms with Gasteiger partial charge in [0.2, 0.25) is 11.4 Å². The molecule has 0 aromatic carbocycles. The molecule has 28 heavy (non-hydrogen) atoms. The Labute approximate surface area is 170 Å². The molecule has 0 saturated heterocycles. The van der Waals surface area contributed by atoms with Crippen molar-refractivity contribution in [3.05, 3.63) is 46.1 Å². The molecule has 0 aliphatic heterocycles. The van der Waals surface area contributed by atoms with E-state index < -0.39 is 17.4 Å². The molecule has 0 N–H and O–H groups in total. The first-order valence-electron chi connectivity index (χ1n) is 9.19. The van der Waals surface area contributed by atoms with Crippen molar-refractivity contribution in [3.63, 3.8) is 0 Å². The van der Waals surface area contributed by atoms with Crippen molar-refractivity contribution in [3.8, 4) is 0 Å². The minimum Gasteiger partial charge on any atom is -0.496 e. The predicted octanol–water partition coefficient (Wildman–Crippen LogP) is 3.09. The lowest BCUT2D eigenvalue weighted by atomic mass is 9.90. The first-order valence-corrected chi connectivity index (χ1v) is 9.57. The lowest BCUT2D eigenvalue weighted by Gasteiger charge is -2.31. The monoisotopic (exact) mass is 403 g/mol. The fraction of sp³-hybridized carbons (Fsp3) is 0.409. The smallest absolute Gasteiger partial charge is 0.304 e. The number of ether oxygens (including phenoxy) is 2.